The Hall–Kier alpha value is -2.81. The van der Waals surface area contributed by atoms with E-state index in [4.69, 9.17) is 27.7 Å². The van der Waals surface area contributed by atoms with Gasteiger partial charge in [0, 0.05) is 12.1 Å². The van der Waals surface area contributed by atoms with E-state index in [2.05, 4.69) is 22.9 Å². The van der Waals surface area contributed by atoms with E-state index >= 15 is 0 Å². The van der Waals surface area contributed by atoms with E-state index in [1.165, 1.54) is 0 Å². The van der Waals surface area contributed by atoms with Crippen molar-refractivity contribution in [1.29, 1.82) is 16.2 Å². The number of halogens is 1. The smallest absolute Gasteiger partial charge is 0.257 e. The summed E-state index contributed by atoms with van der Waals surface area (Å²) < 4.78 is 0. The minimum Gasteiger partial charge on any atom is -0.370 e. The number of carbonyl (C=O) groups is 1. The van der Waals surface area contributed by atoms with Crippen LogP contribution in [0.25, 0.3) is 0 Å². The van der Waals surface area contributed by atoms with Crippen molar-refractivity contribution in [2.75, 3.05) is 6.54 Å². The lowest BCUT2D eigenvalue weighted by molar-refractivity contribution is 0.0976. The van der Waals surface area contributed by atoms with E-state index in [1.807, 2.05) is 6.07 Å². The van der Waals surface area contributed by atoms with Crippen LogP contribution in [0, 0.1) is 16.2 Å². The van der Waals surface area contributed by atoms with Gasteiger partial charge in [-0.3, -0.25) is 31.7 Å². The van der Waals surface area contributed by atoms with Crippen molar-refractivity contribution in [2.45, 2.75) is 19.8 Å². The zero-order valence-corrected chi connectivity index (χ0v) is 14.3. The number of guanidine groups is 3. The average molecular weight is 357 g/mol. The molecule has 0 heterocycles. The van der Waals surface area contributed by atoms with Crippen LogP contribution in [0.5, 0.6) is 0 Å². The van der Waals surface area contributed by atoms with Crippen molar-refractivity contribution in [3.05, 3.63) is 35.9 Å². The Kier molecular flexibility index (Phi) is 13.5. The number of hydrogen-bond donors (Lipinski definition) is 8. The maximum Gasteiger partial charge on any atom is 0.257 e. The number of rotatable bonds is 4. The minimum absolute atomic E-state index is 0. The molecule has 1 rings (SSSR count). The van der Waals surface area contributed by atoms with E-state index in [0.717, 1.165) is 19.4 Å². The fourth-order valence-electron chi connectivity index (χ4n) is 1.35. The average Bonchev–Trinajstić information content (AvgIpc) is 2.47. The molecule has 0 spiro atoms. The maximum atomic E-state index is 11.1. The van der Waals surface area contributed by atoms with Crippen LogP contribution in [0.4, 0.5) is 0 Å². The van der Waals surface area contributed by atoms with Crippen molar-refractivity contribution in [3.63, 3.8) is 0 Å². The Balaban J connectivity index is 0. The maximum absolute atomic E-state index is 11.1. The second-order valence-electron chi connectivity index (χ2n) is 4.43. The van der Waals surface area contributed by atoms with Crippen molar-refractivity contribution in [3.8, 4) is 0 Å². The zero-order valence-electron chi connectivity index (χ0n) is 13.5. The summed E-state index contributed by atoms with van der Waals surface area (Å²) in [5.74, 6) is -0.822. The Morgan fingerprint density at radius 3 is 2.04 bits per heavy atom. The SMILES string of the molecule is CCCCNC(=N)NC(=N)N.Cl.N=C(N)NC(=O)c1ccccc1. The molecule has 0 aromatic heterocycles. The second-order valence-corrected chi connectivity index (χ2v) is 4.43. The predicted molar refractivity (Wildman–Crippen MR) is 98.8 cm³/mol. The Morgan fingerprint density at radius 1 is 1.04 bits per heavy atom. The van der Waals surface area contributed by atoms with Gasteiger partial charge in [0.15, 0.2) is 17.9 Å². The number of nitrogens with one attached hydrogen (secondary N) is 6. The molecule has 1 amide bonds. The molecule has 1 aromatic rings. The Morgan fingerprint density at radius 2 is 1.58 bits per heavy atom. The van der Waals surface area contributed by atoms with Gasteiger partial charge in [-0.05, 0) is 18.6 Å². The molecule has 24 heavy (non-hydrogen) atoms. The molecule has 0 radical (unpaired) electrons. The summed E-state index contributed by atoms with van der Waals surface area (Å²) in [4.78, 5) is 11.1. The number of benzene rings is 1. The number of carbonyl (C=O) groups excluding carboxylic acids is 1. The molecular formula is C14H25ClN8O. The van der Waals surface area contributed by atoms with Crippen molar-refractivity contribution in [2.24, 2.45) is 11.5 Å². The number of nitrogens with two attached hydrogens (primary N) is 2. The first kappa shape index (κ1) is 23.5. The summed E-state index contributed by atoms with van der Waals surface area (Å²) >= 11 is 0. The van der Waals surface area contributed by atoms with Crippen LogP contribution in [0.15, 0.2) is 30.3 Å². The van der Waals surface area contributed by atoms with Crippen LogP contribution in [-0.2, 0) is 0 Å². The molecule has 9 nitrogen and oxygen atoms in total. The summed E-state index contributed by atoms with van der Waals surface area (Å²) in [6.45, 7) is 2.82. The van der Waals surface area contributed by atoms with Gasteiger partial charge in [0.25, 0.3) is 5.91 Å². The van der Waals surface area contributed by atoms with Gasteiger partial charge in [0.1, 0.15) is 0 Å². The standard InChI is InChI=1S/C8H9N3O.C6H15N5.ClH/c9-8(10)11-7(12)6-4-2-1-3-5-6;1-2-3-4-10-6(9)11-5(7)8;/h1-5H,(H4,9,10,11,12);2-4H2,1H3,(H6,7,8,9,10,11);1H. The molecular weight excluding hydrogens is 332 g/mol. The molecule has 10 heteroatoms. The van der Waals surface area contributed by atoms with E-state index in [-0.39, 0.29) is 36.2 Å². The van der Waals surface area contributed by atoms with Crippen LogP contribution >= 0.6 is 12.4 Å². The van der Waals surface area contributed by atoms with E-state index in [0.29, 0.717) is 5.56 Å². The molecule has 10 N–H and O–H groups in total. The van der Waals surface area contributed by atoms with Crippen LogP contribution in [0.3, 0.4) is 0 Å². The van der Waals surface area contributed by atoms with Gasteiger partial charge in [-0.25, -0.2) is 0 Å². The van der Waals surface area contributed by atoms with Gasteiger partial charge in [0.05, 0.1) is 0 Å². The second kappa shape index (κ2) is 13.8. The Bertz CT molecular complexity index is 535. The summed E-state index contributed by atoms with van der Waals surface area (Å²) in [5.41, 5.74) is 10.5. The quantitative estimate of drug-likeness (QED) is 0.222. The van der Waals surface area contributed by atoms with E-state index < -0.39 is 0 Å². The van der Waals surface area contributed by atoms with E-state index in [1.54, 1.807) is 24.3 Å². The third-order valence-corrected chi connectivity index (χ3v) is 2.38. The highest BCUT2D eigenvalue weighted by molar-refractivity contribution is 6.04. The van der Waals surface area contributed by atoms with Gasteiger partial charge in [0.2, 0.25) is 0 Å². The fraction of sp³-hybridized carbons (Fsp3) is 0.286. The van der Waals surface area contributed by atoms with Gasteiger partial charge in [-0.2, -0.15) is 0 Å². The van der Waals surface area contributed by atoms with Crippen LogP contribution < -0.4 is 27.4 Å². The zero-order chi connectivity index (χ0) is 17.7. The lowest BCUT2D eigenvalue weighted by Crippen LogP contribution is -2.43. The van der Waals surface area contributed by atoms with Gasteiger partial charge >= 0.3 is 0 Å². The lowest BCUT2D eigenvalue weighted by atomic mass is 10.2. The monoisotopic (exact) mass is 356 g/mol. The summed E-state index contributed by atoms with van der Waals surface area (Å²) in [6.07, 6.45) is 2.10. The van der Waals surface area contributed by atoms with Crippen LogP contribution in [0.1, 0.15) is 30.1 Å². The van der Waals surface area contributed by atoms with E-state index in [9.17, 15) is 4.79 Å². The third kappa shape index (κ3) is 12.9. The van der Waals surface area contributed by atoms with Gasteiger partial charge < -0.3 is 16.8 Å². The highest BCUT2D eigenvalue weighted by atomic mass is 35.5. The number of amides is 1. The molecule has 0 fully saturated rings. The molecule has 0 unspecified atom stereocenters. The number of hydrogen-bond acceptors (Lipinski definition) is 4. The van der Waals surface area contributed by atoms with Gasteiger partial charge in [-0.15, -0.1) is 12.4 Å². The van der Waals surface area contributed by atoms with Crippen molar-refractivity contribution >= 4 is 36.2 Å². The first-order valence-corrected chi connectivity index (χ1v) is 7.00. The summed E-state index contributed by atoms with van der Waals surface area (Å²) in [6, 6.07) is 8.60. The highest BCUT2D eigenvalue weighted by Crippen LogP contribution is 1.96. The topological polar surface area (TPSA) is 177 Å². The molecule has 0 aliphatic rings. The van der Waals surface area contributed by atoms with Gasteiger partial charge in [-0.1, -0.05) is 31.5 Å². The first-order chi connectivity index (χ1) is 10.9. The molecule has 0 saturated heterocycles. The highest BCUT2D eigenvalue weighted by Gasteiger charge is 2.03. The molecule has 1 aromatic carbocycles. The lowest BCUT2D eigenvalue weighted by Gasteiger charge is -2.06. The molecule has 0 atom stereocenters. The summed E-state index contributed by atoms with van der Waals surface area (Å²) in [5, 5.41) is 28.0. The van der Waals surface area contributed by atoms with Crippen molar-refractivity contribution < 1.29 is 4.79 Å². The largest absolute Gasteiger partial charge is 0.370 e. The third-order valence-electron chi connectivity index (χ3n) is 2.38. The molecule has 134 valence electrons. The summed E-state index contributed by atoms with van der Waals surface area (Å²) in [7, 11) is 0. The molecule has 0 saturated carbocycles. The molecule has 0 aliphatic heterocycles. The molecule has 0 aliphatic carbocycles. The van der Waals surface area contributed by atoms with Crippen LogP contribution in [-0.4, -0.2) is 30.3 Å². The minimum atomic E-state index is -0.358. The van der Waals surface area contributed by atoms with Crippen molar-refractivity contribution in [1.82, 2.24) is 16.0 Å². The normalized spacial score (nSPS) is 8.54. The predicted octanol–water partition coefficient (Wildman–Crippen LogP) is 0.526. The van der Waals surface area contributed by atoms with Crippen LogP contribution in [0.2, 0.25) is 0 Å². The fourth-order valence-corrected chi connectivity index (χ4v) is 1.35. The number of unbranched alkanes of at least 4 members (excludes halogenated alkanes) is 1. The Labute approximate surface area is 147 Å². The molecule has 0 bridgehead atoms. The first-order valence-electron chi connectivity index (χ1n) is 7.00.